The molecule has 5 nitrogen and oxygen atoms in total. The highest BCUT2D eigenvalue weighted by Gasteiger charge is 2.30. The molecule has 0 spiro atoms. The summed E-state index contributed by atoms with van der Waals surface area (Å²) in [6.45, 7) is 1.07. The number of hydrogen-bond acceptors (Lipinski definition) is 3. The second kappa shape index (κ2) is 8.54. The minimum Gasteiger partial charge on any atom is -0.326 e. The SMILES string of the molecule is O=C(CCc1ccc(S(=O)(=O)N2CCCC2)cc1)Nc1ccc(C(F)(F)F)cc1. The molecule has 0 bridgehead atoms. The third kappa shape index (κ3) is 5.36. The third-order valence-electron chi connectivity index (χ3n) is 4.76. The van der Waals surface area contributed by atoms with Crippen LogP contribution in [0.2, 0.25) is 0 Å². The highest BCUT2D eigenvalue weighted by Crippen LogP contribution is 2.29. The van der Waals surface area contributed by atoms with E-state index in [1.807, 2.05) is 0 Å². The lowest BCUT2D eigenvalue weighted by atomic mass is 10.1. The molecule has 1 saturated heterocycles. The Morgan fingerprint density at radius 1 is 0.966 bits per heavy atom. The van der Waals surface area contributed by atoms with E-state index in [4.69, 9.17) is 0 Å². The quantitative estimate of drug-likeness (QED) is 0.758. The molecule has 1 N–H and O–H groups in total. The van der Waals surface area contributed by atoms with E-state index in [0.29, 0.717) is 19.5 Å². The maximum atomic E-state index is 12.6. The largest absolute Gasteiger partial charge is 0.416 e. The van der Waals surface area contributed by atoms with Crippen molar-refractivity contribution in [3.05, 3.63) is 59.7 Å². The van der Waals surface area contributed by atoms with Crippen molar-refractivity contribution in [1.82, 2.24) is 4.31 Å². The Balaban J connectivity index is 1.54. The first-order valence-electron chi connectivity index (χ1n) is 9.22. The number of alkyl halides is 3. The molecule has 3 rings (SSSR count). The van der Waals surface area contributed by atoms with Crippen molar-refractivity contribution >= 4 is 21.6 Å². The van der Waals surface area contributed by atoms with Gasteiger partial charge in [0.25, 0.3) is 0 Å². The Kier molecular flexibility index (Phi) is 6.28. The van der Waals surface area contributed by atoms with Crippen LogP contribution in [0, 0.1) is 0 Å². The van der Waals surface area contributed by atoms with Crippen LogP contribution >= 0.6 is 0 Å². The molecule has 1 fully saturated rings. The fraction of sp³-hybridized carbons (Fsp3) is 0.350. The molecule has 1 amide bonds. The van der Waals surface area contributed by atoms with Gasteiger partial charge in [0.2, 0.25) is 15.9 Å². The van der Waals surface area contributed by atoms with Crippen molar-refractivity contribution in [1.29, 1.82) is 0 Å². The zero-order valence-corrected chi connectivity index (χ0v) is 16.4. The Labute approximate surface area is 167 Å². The van der Waals surface area contributed by atoms with E-state index in [0.717, 1.165) is 30.5 Å². The highest BCUT2D eigenvalue weighted by atomic mass is 32.2. The third-order valence-corrected chi connectivity index (χ3v) is 6.68. The van der Waals surface area contributed by atoms with Crippen LogP contribution in [0.25, 0.3) is 0 Å². The fourth-order valence-electron chi connectivity index (χ4n) is 3.13. The number of halogens is 3. The number of carbonyl (C=O) groups excluding carboxylic acids is 1. The zero-order chi connectivity index (χ0) is 21.1. The molecule has 0 aliphatic carbocycles. The number of carbonyl (C=O) groups is 1. The van der Waals surface area contributed by atoms with Crippen molar-refractivity contribution in [2.24, 2.45) is 0 Å². The minimum absolute atomic E-state index is 0.124. The summed E-state index contributed by atoms with van der Waals surface area (Å²) in [5.41, 5.74) is 0.308. The second-order valence-electron chi connectivity index (χ2n) is 6.88. The number of sulfonamides is 1. The lowest BCUT2D eigenvalue weighted by Gasteiger charge is -2.15. The summed E-state index contributed by atoms with van der Waals surface area (Å²) in [6.07, 6.45) is -2.18. The second-order valence-corrected chi connectivity index (χ2v) is 8.82. The van der Waals surface area contributed by atoms with E-state index < -0.39 is 21.8 Å². The normalized spacial score (nSPS) is 15.4. The lowest BCUT2D eigenvalue weighted by Crippen LogP contribution is -2.27. The molecule has 29 heavy (non-hydrogen) atoms. The minimum atomic E-state index is -4.42. The molecule has 0 saturated carbocycles. The average Bonchev–Trinajstić information content (AvgIpc) is 3.22. The van der Waals surface area contributed by atoms with Crippen molar-refractivity contribution in [2.75, 3.05) is 18.4 Å². The Hall–Kier alpha value is -2.39. The lowest BCUT2D eigenvalue weighted by molar-refractivity contribution is -0.137. The van der Waals surface area contributed by atoms with Crippen LogP contribution in [0.15, 0.2) is 53.4 Å². The number of benzene rings is 2. The number of aryl methyl sites for hydroxylation is 1. The maximum Gasteiger partial charge on any atom is 0.416 e. The molecule has 2 aromatic rings. The van der Waals surface area contributed by atoms with Crippen LogP contribution in [0.4, 0.5) is 18.9 Å². The molecule has 0 radical (unpaired) electrons. The molecule has 0 atom stereocenters. The Morgan fingerprint density at radius 2 is 1.55 bits per heavy atom. The molecular weight excluding hydrogens is 405 g/mol. The summed E-state index contributed by atoms with van der Waals surface area (Å²) in [5, 5.41) is 2.55. The number of amides is 1. The summed E-state index contributed by atoms with van der Waals surface area (Å²) in [5.74, 6) is -0.335. The van der Waals surface area contributed by atoms with E-state index in [9.17, 15) is 26.4 Å². The predicted molar refractivity (Wildman–Crippen MR) is 103 cm³/mol. The Morgan fingerprint density at radius 3 is 2.10 bits per heavy atom. The maximum absolute atomic E-state index is 12.6. The van der Waals surface area contributed by atoms with E-state index in [2.05, 4.69) is 5.32 Å². The Bertz CT molecular complexity index is 950. The van der Waals surface area contributed by atoms with Crippen molar-refractivity contribution in [3.8, 4) is 0 Å². The molecule has 156 valence electrons. The molecule has 1 aliphatic heterocycles. The van der Waals surface area contributed by atoms with Gasteiger partial charge in [-0.25, -0.2) is 8.42 Å². The van der Waals surface area contributed by atoms with Gasteiger partial charge in [-0.3, -0.25) is 4.79 Å². The summed E-state index contributed by atoms with van der Waals surface area (Å²) < 4.78 is 64.1. The van der Waals surface area contributed by atoms with E-state index in [1.54, 1.807) is 12.1 Å². The average molecular weight is 426 g/mol. The molecule has 0 unspecified atom stereocenters. The van der Waals surface area contributed by atoms with Gasteiger partial charge in [0.05, 0.1) is 10.5 Å². The summed E-state index contributed by atoms with van der Waals surface area (Å²) in [4.78, 5) is 12.3. The number of anilines is 1. The topological polar surface area (TPSA) is 66.5 Å². The van der Waals surface area contributed by atoms with Crippen LogP contribution < -0.4 is 5.32 Å². The standard InChI is InChI=1S/C20H21F3N2O3S/c21-20(22,23)16-6-8-17(9-7-16)24-19(26)12-5-15-3-10-18(11-4-15)29(27,28)25-13-1-2-14-25/h3-4,6-11H,1-2,5,12-14H2,(H,24,26). The first kappa shape index (κ1) is 21.3. The summed E-state index contributed by atoms with van der Waals surface area (Å²) in [6, 6.07) is 10.7. The van der Waals surface area contributed by atoms with Crippen molar-refractivity contribution in [2.45, 2.75) is 36.8 Å². The fourth-order valence-corrected chi connectivity index (χ4v) is 4.65. The van der Waals surface area contributed by atoms with Gasteiger partial charge in [-0.1, -0.05) is 12.1 Å². The van der Waals surface area contributed by atoms with Crippen LogP contribution in [0.1, 0.15) is 30.4 Å². The number of rotatable bonds is 6. The van der Waals surface area contributed by atoms with Gasteiger partial charge < -0.3 is 5.32 Å². The van der Waals surface area contributed by atoms with Gasteiger partial charge >= 0.3 is 6.18 Å². The van der Waals surface area contributed by atoms with Gasteiger partial charge in [0.1, 0.15) is 0 Å². The van der Waals surface area contributed by atoms with Gasteiger partial charge in [-0.05, 0) is 61.2 Å². The molecule has 9 heteroatoms. The van der Waals surface area contributed by atoms with E-state index in [1.165, 1.54) is 28.6 Å². The van der Waals surface area contributed by atoms with E-state index >= 15 is 0 Å². The van der Waals surface area contributed by atoms with Gasteiger partial charge in [0, 0.05) is 25.2 Å². The monoisotopic (exact) mass is 426 g/mol. The van der Waals surface area contributed by atoms with Crippen LogP contribution in [-0.4, -0.2) is 31.7 Å². The number of hydrogen-bond donors (Lipinski definition) is 1. The van der Waals surface area contributed by atoms with E-state index in [-0.39, 0.29) is 22.9 Å². The summed E-state index contributed by atoms with van der Waals surface area (Å²) >= 11 is 0. The van der Waals surface area contributed by atoms with Gasteiger partial charge in [0.15, 0.2) is 0 Å². The highest BCUT2D eigenvalue weighted by molar-refractivity contribution is 7.89. The molecular formula is C20H21F3N2O3S. The molecule has 1 aliphatic rings. The first-order valence-corrected chi connectivity index (χ1v) is 10.7. The van der Waals surface area contributed by atoms with Crippen LogP contribution in [0.5, 0.6) is 0 Å². The molecule has 2 aromatic carbocycles. The zero-order valence-electron chi connectivity index (χ0n) is 15.6. The molecule has 0 aromatic heterocycles. The summed E-state index contributed by atoms with van der Waals surface area (Å²) in [7, 11) is -3.47. The smallest absolute Gasteiger partial charge is 0.326 e. The predicted octanol–water partition coefficient (Wildman–Crippen LogP) is 4.06. The van der Waals surface area contributed by atoms with Crippen molar-refractivity contribution in [3.63, 3.8) is 0 Å². The van der Waals surface area contributed by atoms with Crippen LogP contribution in [0.3, 0.4) is 0 Å². The number of nitrogens with one attached hydrogen (secondary N) is 1. The van der Waals surface area contributed by atoms with Crippen molar-refractivity contribution < 1.29 is 26.4 Å². The first-order chi connectivity index (χ1) is 13.7. The van der Waals surface area contributed by atoms with Gasteiger partial charge in [-0.15, -0.1) is 0 Å². The van der Waals surface area contributed by atoms with Crippen LogP contribution in [-0.2, 0) is 27.4 Å². The molecule has 1 heterocycles. The van der Waals surface area contributed by atoms with Gasteiger partial charge in [-0.2, -0.15) is 17.5 Å². The number of nitrogens with zero attached hydrogens (tertiary/aromatic N) is 1.